The second-order valence-electron chi connectivity index (χ2n) is 5.66. The van der Waals surface area contributed by atoms with E-state index in [0.717, 1.165) is 21.5 Å². The Morgan fingerprint density at radius 1 is 1.20 bits per heavy atom. The highest BCUT2D eigenvalue weighted by Crippen LogP contribution is 2.23. The minimum atomic E-state index is -0.187. The number of benzene rings is 2. The molecule has 0 saturated carbocycles. The van der Waals surface area contributed by atoms with Gasteiger partial charge in [0.05, 0.1) is 16.8 Å². The van der Waals surface area contributed by atoms with E-state index in [1.165, 1.54) is 11.3 Å². The number of thiazole rings is 1. The van der Waals surface area contributed by atoms with Crippen molar-refractivity contribution in [3.8, 4) is 5.75 Å². The fourth-order valence-electron chi connectivity index (χ4n) is 2.75. The first-order valence-corrected chi connectivity index (χ1v) is 9.03. The van der Waals surface area contributed by atoms with Gasteiger partial charge in [-0.15, -0.1) is 0 Å². The third-order valence-corrected chi connectivity index (χ3v) is 4.92. The first kappa shape index (κ1) is 17.2. The Labute approximate surface area is 149 Å². The predicted molar refractivity (Wildman–Crippen MR) is 102 cm³/mol. The Hall–Kier alpha value is -2.60. The van der Waals surface area contributed by atoms with Crippen LogP contribution in [0.2, 0.25) is 0 Å². The lowest BCUT2D eigenvalue weighted by Gasteiger charge is -2.10. The number of amides is 1. The van der Waals surface area contributed by atoms with E-state index >= 15 is 0 Å². The molecule has 3 rings (SSSR count). The maximum absolute atomic E-state index is 12.5. The van der Waals surface area contributed by atoms with Crippen LogP contribution in [-0.4, -0.2) is 17.1 Å². The second-order valence-corrected chi connectivity index (χ2v) is 6.66. The van der Waals surface area contributed by atoms with Gasteiger partial charge in [-0.25, -0.2) is 0 Å². The minimum Gasteiger partial charge on any atom is -0.494 e. The lowest BCUT2D eigenvalue weighted by atomic mass is 10.1. The molecule has 5 nitrogen and oxygen atoms in total. The monoisotopic (exact) mass is 356 g/mol. The summed E-state index contributed by atoms with van der Waals surface area (Å²) in [5.41, 5.74) is 3.06. The van der Waals surface area contributed by atoms with Crippen molar-refractivity contribution >= 4 is 33.1 Å². The van der Waals surface area contributed by atoms with Crippen LogP contribution in [0.1, 0.15) is 29.8 Å². The Kier molecular flexibility index (Phi) is 4.90. The molecule has 0 aliphatic rings. The van der Waals surface area contributed by atoms with Crippen LogP contribution in [0.4, 0.5) is 5.69 Å². The Morgan fingerprint density at radius 2 is 2.00 bits per heavy atom. The SMILES string of the molecule is CCOc1ccc(C(=O)Nc2ccc3c(c2)sc(=O)n3CC)cc1C. The third kappa shape index (κ3) is 3.44. The highest BCUT2D eigenvalue weighted by atomic mass is 32.1. The minimum absolute atomic E-state index is 0.0168. The van der Waals surface area contributed by atoms with Gasteiger partial charge < -0.3 is 10.1 Å². The van der Waals surface area contributed by atoms with Gasteiger partial charge in [0.2, 0.25) is 0 Å². The summed E-state index contributed by atoms with van der Waals surface area (Å²) in [6.07, 6.45) is 0. The van der Waals surface area contributed by atoms with Crippen LogP contribution in [0.25, 0.3) is 10.2 Å². The summed E-state index contributed by atoms with van der Waals surface area (Å²) in [6, 6.07) is 10.9. The van der Waals surface area contributed by atoms with Crippen molar-refractivity contribution in [2.24, 2.45) is 0 Å². The molecule has 0 aliphatic heterocycles. The Balaban J connectivity index is 1.84. The fraction of sp³-hybridized carbons (Fsp3) is 0.263. The van der Waals surface area contributed by atoms with Gasteiger partial charge >= 0.3 is 4.87 Å². The van der Waals surface area contributed by atoms with Crippen molar-refractivity contribution in [1.29, 1.82) is 0 Å². The van der Waals surface area contributed by atoms with Gasteiger partial charge in [-0.1, -0.05) is 11.3 Å². The van der Waals surface area contributed by atoms with E-state index in [9.17, 15) is 9.59 Å². The number of nitrogens with zero attached hydrogens (tertiary/aromatic N) is 1. The van der Waals surface area contributed by atoms with E-state index in [2.05, 4.69) is 5.32 Å². The van der Waals surface area contributed by atoms with Crippen LogP contribution < -0.4 is 14.9 Å². The van der Waals surface area contributed by atoms with Gasteiger partial charge in [0.25, 0.3) is 5.91 Å². The highest BCUT2D eigenvalue weighted by molar-refractivity contribution is 7.16. The number of aromatic nitrogens is 1. The van der Waals surface area contributed by atoms with Crippen molar-refractivity contribution in [2.75, 3.05) is 11.9 Å². The molecule has 0 radical (unpaired) electrons. The van der Waals surface area contributed by atoms with Crippen molar-refractivity contribution in [3.05, 3.63) is 57.2 Å². The molecule has 3 aromatic rings. The first-order chi connectivity index (χ1) is 12.0. The molecule has 0 bridgehead atoms. The summed E-state index contributed by atoms with van der Waals surface area (Å²) < 4.78 is 8.09. The number of rotatable bonds is 5. The number of carbonyl (C=O) groups excluding carboxylic acids is 1. The number of aryl methyl sites for hydroxylation is 2. The first-order valence-electron chi connectivity index (χ1n) is 8.21. The van der Waals surface area contributed by atoms with Gasteiger partial charge in [0.15, 0.2) is 0 Å². The van der Waals surface area contributed by atoms with Gasteiger partial charge in [-0.2, -0.15) is 0 Å². The molecule has 2 aromatic carbocycles. The van der Waals surface area contributed by atoms with E-state index in [0.29, 0.717) is 24.4 Å². The average Bonchev–Trinajstić information content (AvgIpc) is 2.91. The molecular formula is C19H20N2O3S. The summed E-state index contributed by atoms with van der Waals surface area (Å²) >= 11 is 1.19. The normalized spacial score (nSPS) is 10.8. The molecular weight excluding hydrogens is 336 g/mol. The second kappa shape index (κ2) is 7.11. The number of nitrogens with one attached hydrogen (secondary N) is 1. The number of hydrogen-bond acceptors (Lipinski definition) is 4. The largest absolute Gasteiger partial charge is 0.494 e. The standard InChI is InChI=1S/C19H20N2O3S/c1-4-21-15-8-7-14(11-17(15)25-19(21)23)20-18(22)13-6-9-16(24-5-2)12(3)10-13/h6-11H,4-5H2,1-3H3,(H,20,22). The Bertz CT molecular complexity index is 988. The van der Waals surface area contributed by atoms with Crippen LogP contribution in [0.3, 0.4) is 0 Å². The van der Waals surface area contributed by atoms with E-state index < -0.39 is 0 Å². The molecule has 1 N–H and O–H groups in total. The lowest BCUT2D eigenvalue weighted by Crippen LogP contribution is -2.12. The number of ether oxygens (including phenoxy) is 1. The fourth-order valence-corrected chi connectivity index (χ4v) is 3.75. The molecule has 0 aliphatic carbocycles. The third-order valence-electron chi connectivity index (χ3n) is 3.98. The average molecular weight is 356 g/mol. The number of carbonyl (C=O) groups is 1. The van der Waals surface area contributed by atoms with E-state index in [1.807, 2.05) is 51.1 Å². The summed E-state index contributed by atoms with van der Waals surface area (Å²) in [6.45, 7) is 7.01. The Morgan fingerprint density at radius 3 is 2.68 bits per heavy atom. The zero-order valence-corrected chi connectivity index (χ0v) is 15.3. The van der Waals surface area contributed by atoms with Crippen LogP contribution in [0.15, 0.2) is 41.2 Å². The smallest absolute Gasteiger partial charge is 0.308 e. The van der Waals surface area contributed by atoms with Crippen molar-refractivity contribution in [2.45, 2.75) is 27.3 Å². The van der Waals surface area contributed by atoms with Gasteiger partial charge in [-0.3, -0.25) is 14.2 Å². The molecule has 0 unspecified atom stereocenters. The maximum atomic E-state index is 12.5. The van der Waals surface area contributed by atoms with Crippen molar-refractivity contribution < 1.29 is 9.53 Å². The zero-order chi connectivity index (χ0) is 18.0. The summed E-state index contributed by atoms with van der Waals surface area (Å²) in [7, 11) is 0. The quantitative estimate of drug-likeness (QED) is 0.750. The van der Waals surface area contributed by atoms with Crippen molar-refractivity contribution in [1.82, 2.24) is 4.57 Å². The molecule has 0 fully saturated rings. The van der Waals surface area contributed by atoms with Crippen LogP contribution in [-0.2, 0) is 6.54 Å². The van der Waals surface area contributed by atoms with Crippen LogP contribution >= 0.6 is 11.3 Å². The maximum Gasteiger partial charge on any atom is 0.308 e. The van der Waals surface area contributed by atoms with Crippen LogP contribution in [0, 0.1) is 6.92 Å². The van der Waals surface area contributed by atoms with E-state index in [1.54, 1.807) is 10.6 Å². The number of anilines is 1. The van der Waals surface area contributed by atoms with Crippen LogP contribution in [0.5, 0.6) is 5.75 Å². The summed E-state index contributed by atoms with van der Waals surface area (Å²) in [4.78, 5) is 24.4. The van der Waals surface area contributed by atoms with Gasteiger partial charge in [0, 0.05) is 17.8 Å². The zero-order valence-electron chi connectivity index (χ0n) is 14.5. The topological polar surface area (TPSA) is 60.3 Å². The molecule has 1 heterocycles. The molecule has 0 atom stereocenters. The lowest BCUT2D eigenvalue weighted by molar-refractivity contribution is 0.102. The predicted octanol–water partition coefficient (Wildman–Crippen LogP) is 4.04. The molecule has 0 spiro atoms. The molecule has 6 heteroatoms. The summed E-state index contributed by atoms with van der Waals surface area (Å²) in [5.74, 6) is 0.596. The van der Waals surface area contributed by atoms with E-state index in [-0.39, 0.29) is 10.8 Å². The molecule has 130 valence electrons. The highest BCUT2D eigenvalue weighted by Gasteiger charge is 2.11. The van der Waals surface area contributed by atoms with Crippen molar-refractivity contribution in [3.63, 3.8) is 0 Å². The molecule has 25 heavy (non-hydrogen) atoms. The molecule has 0 saturated heterocycles. The van der Waals surface area contributed by atoms with Gasteiger partial charge in [-0.05, 0) is 62.7 Å². The molecule has 1 amide bonds. The number of hydrogen-bond donors (Lipinski definition) is 1. The summed E-state index contributed by atoms with van der Waals surface area (Å²) in [5, 5.41) is 2.89. The molecule has 1 aromatic heterocycles. The van der Waals surface area contributed by atoms with E-state index in [4.69, 9.17) is 4.74 Å². The number of fused-ring (bicyclic) bond motifs is 1. The van der Waals surface area contributed by atoms with Gasteiger partial charge in [0.1, 0.15) is 5.75 Å².